The Kier molecular flexibility index (Phi) is 2.90. The predicted molar refractivity (Wildman–Crippen MR) is 59.5 cm³/mol. The molecule has 0 saturated heterocycles. The maximum absolute atomic E-state index is 11.8. The topological polar surface area (TPSA) is 84.4 Å². The van der Waals surface area contributed by atoms with Crippen LogP contribution in [0.3, 0.4) is 0 Å². The third-order valence-electron chi connectivity index (χ3n) is 2.46. The van der Waals surface area contributed by atoms with Gasteiger partial charge in [0.2, 0.25) is 6.04 Å². The number of rotatable bonds is 2. The average Bonchev–Trinajstić information content (AvgIpc) is 2.29. The average molecular weight is 236 g/mol. The minimum Gasteiger partial charge on any atom is -0.464 e. The third kappa shape index (κ3) is 1.91. The molecule has 7 heteroatoms. The highest BCUT2D eigenvalue weighted by molar-refractivity contribution is 6.14. The van der Waals surface area contributed by atoms with Crippen molar-refractivity contribution < 1.29 is 14.3 Å². The summed E-state index contributed by atoms with van der Waals surface area (Å²) in [5, 5.41) is 2.55. The molecule has 1 aliphatic rings. The monoisotopic (exact) mass is 236 g/mol. The van der Waals surface area contributed by atoms with Crippen molar-refractivity contribution in [2.45, 2.75) is 13.0 Å². The zero-order chi connectivity index (χ0) is 12.4. The van der Waals surface area contributed by atoms with Gasteiger partial charge in [-0.05, 0) is 6.92 Å². The van der Waals surface area contributed by atoms with E-state index in [1.54, 1.807) is 14.0 Å². The molecule has 7 nitrogen and oxygen atoms in total. The Balaban J connectivity index is 2.33. The maximum atomic E-state index is 11.8. The number of ether oxygens (including phenoxy) is 1. The smallest absolute Gasteiger partial charge is 0.338 e. The van der Waals surface area contributed by atoms with Crippen molar-refractivity contribution >= 4 is 23.4 Å². The summed E-state index contributed by atoms with van der Waals surface area (Å²) in [7, 11) is 1.63. The Hall–Kier alpha value is -2.18. The summed E-state index contributed by atoms with van der Waals surface area (Å²) in [5.41, 5.74) is 0.588. The van der Waals surface area contributed by atoms with E-state index in [1.807, 2.05) is 0 Å². The first-order chi connectivity index (χ1) is 8.15. The lowest BCUT2D eigenvalue weighted by Gasteiger charge is -2.32. The van der Waals surface area contributed by atoms with Crippen molar-refractivity contribution in [1.82, 2.24) is 9.97 Å². The highest BCUT2D eigenvalue weighted by atomic mass is 16.5. The van der Waals surface area contributed by atoms with Gasteiger partial charge in [-0.15, -0.1) is 0 Å². The number of fused-ring (bicyclic) bond motifs is 1. The molecule has 0 radical (unpaired) electrons. The standard InChI is InChI=1S/C10H12N4O3/c1-3-17-10(16)7-9(15)13-8-6(14(7)2)4-11-5-12-8/h4-5,7H,3H2,1-2H3,(H,11,12,13,15). The Labute approximate surface area is 97.8 Å². The molecule has 17 heavy (non-hydrogen) atoms. The minimum absolute atomic E-state index is 0.231. The fourth-order valence-corrected chi connectivity index (χ4v) is 1.66. The number of esters is 1. The molecular weight excluding hydrogens is 224 g/mol. The first kappa shape index (κ1) is 11.3. The Morgan fingerprint density at radius 2 is 2.41 bits per heavy atom. The van der Waals surface area contributed by atoms with Gasteiger partial charge in [0.15, 0.2) is 5.82 Å². The number of hydrogen-bond donors (Lipinski definition) is 1. The lowest BCUT2D eigenvalue weighted by molar-refractivity contribution is -0.147. The van der Waals surface area contributed by atoms with Crippen LogP contribution in [-0.4, -0.2) is 41.5 Å². The highest BCUT2D eigenvalue weighted by Gasteiger charge is 2.38. The second-order valence-electron chi connectivity index (χ2n) is 3.51. The zero-order valence-corrected chi connectivity index (χ0v) is 9.51. The van der Waals surface area contributed by atoms with Crippen LogP contribution in [0.25, 0.3) is 0 Å². The molecule has 0 spiro atoms. The number of carbonyl (C=O) groups excluding carboxylic acids is 2. The molecule has 0 fully saturated rings. The SMILES string of the molecule is CCOC(=O)C1C(=O)Nc2ncncc2N1C. The van der Waals surface area contributed by atoms with Gasteiger partial charge in [-0.3, -0.25) is 4.79 Å². The van der Waals surface area contributed by atoms with Gasteiger partial charge in [-0.25, -0.2) is 14.8 Å². The molecule has 2 heterocycles. The molecule has 1 unspecified atom stereocenters. The summed E-state index contributed by atoms with van der Waals surface area (Å²) in [5.74, 6) is -0.632. The largest absolute Gasteiger partial charge is 0.464 e. The van der Waals surface area contributed by atoms with Gasteiger partial charge in [0, 0.05) is 7.05 Å². The van der Waals surface area contributed by atoms with Crippen molar-refractivity contribution in [1.29, 1.82) is 0 Å². The molecule has 2 rings (SSSR count). The van der Waals surface area contributed by atoms with E-state index in [1.165, 1.54) is 17.4 Å². The molecule has 0 aromatic carbocycles. The van der Waals surface area contributed by atoms with Crippen LogP contribution in [0.2, 0.25) is 0 Å². The number of nitrogens with zero attached hydrogens (tertiary/aromatic N) is 3. The predicted octanol–water partition coefficient (Wildman–Crippen LogP) is -0.203. The molecule has 0 aliphatic carbocycles. The van der Waals surface area contributed by atoms with E-state index < -0.39 is 17.9 Å². The van der Waals surface area contributed by atoms with Gasteiger partial charge in [0.05, 0.1) is 18.5 Å². The molecule has 1 atom stereocenters. The second-order valence-corrected chi connectivity index (χ2v) is 3.51. The number of carbonyl (C=O) groups is 2. The van der Waals surface area contributed by atoms with Crippen molar-refractivity contribution in [3.05, 3.63) is 12.5 Å². The van der Waals surface area contributed by atoms with E-state index in [0.717, 1.165) is 0 Å². The van der Waals surface area contributed by atoms with Crippen molar-refractivity contribution in [3.8, 4) is 0 Å². The second kappa shape index (κ2) is 4.36. The van der Waals surface area contributed by atoms with E-state index in [4.69, 9.17) is 4.74 Å². The van der Waals surface area contributed by atoms with Gasteiger partial charge in [-0.2, -0.15) is 0 Å². The first-order valence-electron chi connectivity index (χ1n) is 5.15. The van der Waals surface area contributed by atoms with Crippen molar-refractivity contribution in [3.63, 3.8) is 0 Å². The van der Waals surface area contributed by atoms with Crippen LogP contribution < -0.4 is 10.2 Å². The molecule has 1 aromatic heterocycles. The van der Waals surface area contributed by atoms with Gasteiger partial charge < -0.3 is 15.0 Å². The van der Waals surface area contributed by atoms with Crippen LogP contribution in [0.5, 0.6) is 0 Å². The summed E-state index contributed by atoms with van der Waals surface area (Å²) < 4.78 is 4.85. The number of likely N-dealkylation sites (N-methyl/N-ethyl adjacent to an activating group) is 1. The van der Waals surface area contributed by atoms with Gasteiger partial charge in [-0.1, -0.05) is 0 Å². The quantitative estimate of drug-likeness (QED) is 0.565. The van der Waals surface area contributed by atoms with Crippen molar-refractivity contribution in [2.75, 3.05) is 23.9 Å². The van der Waals surface area contributed by atoms with Crippen LogP contribution in [0, 0.1) is 0 Å². The molecule has 1 aliphatic heterocycles. The Morgan fingerprint density at radius 1 is 1.65 bits per heavy atom. The van der Waals surface area contributed by atoms with E-state index in [-0.39, 0.29) is 6.61 Å². The van der Waals surface area contributed by atoms with Crippen LogP contribution >= 0.6 is 0 Å². The number of anilines is 2. The molecule has 0 saturated carbocycles. The minimum atomic E-state index is -0.992. The lowest BCUT2D eigenvalue weighted by atomic mass is 10.2. The molecule has 1 aromatic rings. The zero-order valence-electron chi connectivity index (χ0n) is 9.51. The highest BCUT2D eigenvalue weighted by Crippen LogP contribution is 2.27. The number of aromatic nitrogens is 2. The number of hydrogen-bond acceptors (Lipinski definition) is 6. The van der Waals surface area contributed by atoms with Crippen LogP contribution in [0.4, 0.5) is 11.5 Å². The molecule has 0 bridgehead atoms. The summed E-state index contributed by atoms with van der Waals surface area (Å²) in [6, 6.07) is -0.992. The fourth-order valence-electron chi connectivity index (χ4n) is 1.66. The lowest BCUT2D eigenvalue weighted by Crippen LogP contribution is -2.51. The van der Waals surface area contributed by atoms with E-state index in [2.05, 4.69) is 15.3 Å². The summed E-state index contributed by atoms with van der Waals surface area (Å²) in [6.07, 6.45) is 2.87. The van der Waals surface area contributed by atoms with Gasteiger partial charge in [0.1, 0.15) is 6.33 Å². The third-order valence-corrected chi connectivity index (χ3v) is 2.46. The van der Waals surface area contributed by atoms with Crippen LogP contribution in [-0.2, 0) is 14.3 Å². The first-order valence-corrected chi connectivity index (χ1v) is 5.15. The number of nitrogens with one attached hydrogen (secondary N) is 1. The molecule has 1 N–H and O–H groups in total. The van der Waals surface area contributed by atoms with E-state index in [9.17, 15) is 9.59 Å². The Bertz CT molecular complexity index is 463. The summed E-state index contributed by atoms with van der Waals surface area (Å²) >= 11 is 0. The summed E-state index contributed by atoms with van der Waals surface area (Å²) in [4.78, 5) is 32.7. The maximum Gasteiger partial charge on any atom is 0.338 e. The number of amides is 1. The van der Waals surface area contributed by atoms with Gasteiger partial charge in [0.25, 0.3) is 5.91 Å². The van der Waals surface area contributed by atoms with Gasteiger partial charge >= 0.3 is 5.97 Å². The van der Waals surface area contributed by atoms with E-state index >= 15 is 0 Å². The summed E-state index contributed by atoms with van der Waals surface area (Å²) in [6.45, 7) is 1.92. The Morgan fingerprint density at radius 3 is 3.12 bits per heavy atom. The fraction of sp³-hybridized carbons (Fsp3) is 0.400. The molecule has 1 amide bonds. The molecule has 90 valence electrons. The van der Waals surface area contributed by atoms with Crippen molar-refractivity contribution in [2.24, 2.45) is 0 Å². The van der Waals surface area contributed by atoms with Crippen LogP contribution in [0.15, 0.2) is 12.5 Å². The van der Waals surface area contributed by atoms with Crippen LogP contribution in [0.1, 0.15) is 6.92 Å². The molecular formula is C10H12N4O3. The normalized spacial score (nSPS) is 18.4. The van der Waals surface area contributed by atoms with E-state index in [0.29, 0.717) is 11.5 Å².